The van der Waals surface area contributed by atoms with Crippen molar-refractivity contribution < 1.29 is 13.2 Å². The minimum Gasteiger partial charge on any atom is -0.294 e. The smallest absolute Gasteiger partial charge is 0.206 e. The van der Waals surface area contributed by atoms with Gasteiger partial charge >= 0.3 is 0 Å². The molecule has 5 heteroatoms. The van der Waals surface area contributed by atoms with E-state index in [-0.39, 0.29) is 17.1 Å². The van der Waals surface area contributed by atoms with Gasteiger partial charge < -0.3 is 0 Å². The van der Waals surface area contributed by atoms with E-state index in [2.05, 4.69) is 4.98 Å². The van der Waals surface area contributed by atoms with Gasteiger partial charge in [0.15, 0.2) is 5.78 Å². The maximum atomic E-state index is 12.8. The largest absolute Gasteiger partial charge is 0.294 e. The monoisotopic (exact) mass is 377 g/mol. The Hall–Kier alpha value is -3.05. The molecule has 3 rings (SSSR count). The molecule has 4 nitrogen and oxygen atoms in total. The summed E-state index contributed by atoms with van der Waals surface area (Å²) >= 11 is 0. The SMILES string of the molecule is Cc1ccccc1S(=O)(=O)c1ccc(CC(=O)/C=C/c2cccnc2)cc1. The van der Waals surface area contributed by atoms with Gasteiger partial charge in [0.1, 0.15) is 0 Å². The fourth-order valence-electron chi connectivity index (χ4n) is 2.70. The van der Waals surface area contributed by atoms with Crippen LogP contribution in [0.4, 0.5) is 0 Å². The molecular formula is C22H19NO3S. The number of aromatic nitrogens is 1. The number of aryl methyl sites for hydroxylation is 1. The molecule has 1 aromatic heterocycles. The van der Waals surface area contributed by atoms with Gasteiger partial charge in [-0.15, -0.1) is 0 Å². The molecule has 3 aromatic rings. The second-order valence-electron chi connectivity index (χ2n) is 6.18. The van der Waals surface area contributed by atoms with Crippen LogP contribution in [0.15, 0.2) is 88.9 Å². The summed E-state index contributed by atoms with van der Waals surface area (Å²) < 4.78 is 25.5. The van der Waals surface area contributed by atoms with Gasteiger partial charge in [0.05, 0.1) is 9.79 Å². The molecule has 0 radical (unpaired) electrons. The molecule has 0 aliphatic rings. The van der Waals surface area contributed by atoms with Crippen LogP contribution >= 0.6 is 0 Å². The molecule has 27 heavy (non-hydrogen) atoms. The number of hydrogen-bond acceptors (Lipinski definition) is 4. The van der Waals surface area contributed by atoms with E-state index in [9.17, 15) is 13.2 Å². The van der Waals surface area contributed by atoms with Crippen LogP contribution in [0.1, 0.15) is 16.7 Å². The van der Waals surface area contributed by atoms with Crippen LogP contribution in [0.2, 0.25) is 0 Å². The highest BCUT2D eigenvalue weighted by atomic mass is 32.2. The third kappa shape index (κ3) is 4.57. The Morgan fingerprint density at radius 3 is 2.41 bits per heavy atom. The van der Waals surface area contributed by atoms with Crippen LogP contribution in [0.3, 0.4) is 0 Å². The molecule has 1 heterocycles. The van der Waals surface area contributed by atoms with E-state index in [1.807, 2.05) is 12.1 Å². The van der Waals surface area contributed by atoms with Crippen LogP contribution in [-0.2, 0) is 21.1 Å². The summed E-state index contributed by atoms with van der Waals surface area (Å²) in [4.78, 5) is 16.6. The lowest BCUT2D eigenvalue weighted by Crippen LogP contribution is -2.05. The highest BCUT2D eigenvalue weighted by Crippen LogP contribution is 2.24. The maximum absolute atomic E-state index is 12.8. The number of carbonyl (C=O) groups excluding carboxylic acids is 1. The molecule has 0 atom stereocenters. The van der Waals surface area contributed by atoms with Crippen molar-refractivity contribution in [1.29, 1.82) is 0 Å². The zero-order chi connectivity index (χ0) is 19.3. The van der Waals surface area contributed by atoms with Crippen LogP contribution in [0, 0.1) is 6.92 Å². The topological polar surface area (TPSA) is 64.1 Å². The first kappa shape index (κ1) is 18.7. The van der Waals surface area contributed by atoms with E-state index in [0.29, 0.717) is 10.5 Å². The zero-order valence-corrected chi connectivity index (χ0v) is 15.7. The Kier molecular flexibility index (Phi) is 5.62. The highest BCUT2D eigenvalue weighted by Gasteiger charge is 2.19. The summed E-state index contributed by atoms with van der Waals surface area (Å²) in [6.45, 7) is 1.77. The molecule has 0 aliphatic carbocycles. The quantitative estimate of drug-likeness (QED) is 0.608. The van der Waals surface area contributed by atoms with Gasteiger partial charge in [-0.05, 0) is 60.0 Å². The number of nitrogens with zero attached hydrogens (tertiary/aromatic N) is 1. The number of rotatable bonds is 6. The predicted molar refractivity (Wildman–Crippen MR) is 105 cm³/mol. The lowest BCUT2D eigenvalue weighted by molar-refractivity contribution is -0.113. The minimum absolute atomic E-state index is 0.0617. The second-order valence-corrected chi connectivity index (χ2v) is 8.09. The van der Waals surface area contributed by atoms with Crippen molar-refractivity contribution in [2.24, 2.45) is 0 Å². The molecule has 0 spiro atoms. The first-order chi connectivity index (χ1) is 13.0. The number of ketones is 1. The number of benzene rings is 2. The first-order valence-corrected chi connectivity index (χ1v) is 9.96. The molecule has 136 valence electrons. The van der Waals surface area contributed by atoms with Gasteiger partial charge in [0.25, 0.3) is 0 Å². The Morgan fingerprint density at radius 1 is 1.00 bits per heavy atom. The normalized spacial score (nSPS) is 11.6. The van der Waals surface area contributed by atoms with Gasteiger partial charge in [-0.2, -0.15) is 0 Å². The number of carbonyl (C=O) groups is 1. The molecular weight excluding hydrogens is 358 g/mol. The van der Waals surface area contributed by atoms with Gasteiger partial charge in [-0.1, -0.05) is 36.4 Å². The summed E-state index contributed by atoms with van der Waals surface area (Å²) in [7, 11) is -3.57. The Bertz CT molecular complexity index is 1070. The van der Waals surface area contributed by atoms with Gasteiger partial charge in [0.2, 0.25) is 9.84 Å². The zero-order valence-electron chi connectivity index (χ0n) is 14.9. The summed E-state index contributed by atoms with van der Waals surface area (Å²) in [5.41, 5.74) is 2.32. The third-order valence-electron chi connectivity index (χ3n) is 4.14. The van der Waals surface area contributed by atoms with E-state index in [1.54, 1.807) is 73.9 Å². The summed E-state index contributed by atoms with van der Waals surface area (Å²) in [5.74, 6) is -0.0617. The lowest BCUT2D eigenvalue weighted by atomic mass is 10.1. The molecule has 0 amide bonds. The summed E-state index contributed by atoms with van der Waals surface area (Å²) in [6.07, 6.45) is 6.78. The lowest BCUT2D eigenvalue weighted by Gasteiger charge is -2.08. The second kappa shape index (κ2) is 8.10. The Labute approximate surface area is 159 Å². The molecule has 2 aromatic carbocycles. The molecule has 0 saturated carbocycles. The van der Waals surface area contributed by atoms with Crippen LogP contribution in [0.5, 0.6) is 0 Å². The van der Waals surface area contributed by atoms with Crippen LogP contribution < -0.4 is 0 Å². The standard InChI is InChI=1S/C22H19NO3S/c1-17-5-2-3-7-22(17)27(25,26)21-12-9-18(10-13-21)15-20(24)11-8-19-6-4-14-23-16-19/h2-14,16H,15H2,1H3/b11-8+. The molecule has 0 N–H and O–H groups in total. The number of allylic oxidation sites excluding steroid dienone is 1. The number of pyridine rings is 1. The van der Waals surface area contributed by atoms with Crippen molar-refractivity contribution in [3.8, 4) is 0 Å². The fraction of sp³-hybridized carbons (Fsp3) is 0.0909. The average Bonchev–Trinajstić information content (AvgIpc) is 2.68. The van der Waals surface area contributed by atoms with E-state index in [0.717, 1.165) is 11.1 Å². The summed E-state index contributed by atoms with van der Waals surface area (Å²) in [6, 6.07) is 17.0. The number of sulfone groups is 1. The van der Waals surface area contributed by atoms with Crippen molar-refractivity contribution in [3.05, 3.63) is 95.8 Å². The first-order valence-electron chi connectivity index (χ1n) is 8.47. The van der Waals surface area contributed by atoms with E-state index < -0.39 is 9.84 Å². The maximum Gasteiger partial charge on any atom is 0.206 e. The van der Waals surface area contributed by atoms with E-state index in [1.165, 1.54) is 6.08 Å². The number of hydrogen-bond donors (Lipinski definition) is 0. The van der Waals surface area contributed by atoms with Crippen molar-refractivity contribution in [2.45, 2.75) is 23.1 Å². The van der Waals surface area contributed by atoms with Gasteiger partial charge in [-0.3, -0.25) is 9.78 Å². The minimum atomic E-state index is -3.57. The van der Waals surface area contributed by atoms with E-state index >= 15 is 0 Å². The Balaban J connectivity index is 1.73. The highest BCUT2D eigenvalue weighted by molar-refractivity contribution is 7.91. The molecule has 0 bridgehead atoms. The molecule has 0 aliphatic heterocycles. The van der Waals surface area contributed by atoms with Crippen molar-refractivity contribution in [2.75, 3.05) is 0 Å². The summed E-state index contributed by atoms with van der Waals surface area (Å²) in [5, 5.41) is 0. The third-order valence-corrected chi connectivity index (χ3v) is 6.07. The van der Waals surface area contributed by atoms with Crippen LogP contribution in [-0.4, -0.2) is 19.2 Å². The molecule has 0 unspecified atom stereocenters. The molecule has 0 fully saturated rings. The van der Waals surface area contributed by atoms with Crippen molar-refractivity contribution >= 4 is 21.7 Å². The van der Waals surface area contributed by atoms with Crippen molar-refractivity contribution in [1.82, 2.24) is 4.98 Å². The molecule has 0 saturated heterocycles. The van der Waals surface area contributed by atoms with Gasteiger partial charge in [0, 0.05) is 18.8 Å². The van der Waals surface area contributed by atoms with Crippen LogP contribution in [0.25, 0.3) is 6.08 Å². The Morgan fingerprint density at radius 2 is 1.74 bits per heavy atom. The predicted octanol–water partition coefficient (Wildman–Crippen LogP) is 4.05. The van der Waals surface area contributed by atoms with Gasteiger partial charge in [-0.25, -0.2) is 8.42 Å². The fourth-order valence-corrected chi connectivity index (χ4v) is 4.19. The van der Waals surface area contributed by atoms with Crippen molar-refractivity contribution in [3.63, 3.8) is 0 Å². The van der Waals surface area contributed by atoms with E-state index in [4.69, 9.17) is 0 Å². The average molecular weight is 377 g/mol.